The van der Waals surface area contributed by atoms with Crippen molar-refractivity contribution in [1.82, 2.24) is 4.57 Å². The van der Waals surface area contributed by atoms with E-state index in [0.29, 0.717) is 17.0 Å². The molecule has 4 nitrogen and oxygen atoms in total. The third-order valence-corrected chi connectivity index (χ3v) is 3.75. The molecule has 1 N–H and O–H groups in total. The van der Waals surface area contributed by atoms with Crippen molar-refractivity contribution in [1.29, 1.82) is 0 Å². The van der Waals surface area contributed by atoms with Gasteiger partial charge in [0.2, 0.25) is 0 Å². The SMILES string of the molecule is COc1ccc(C)cc1NC(=O)c1ccc2c(ccn2C)c1. The van der Waals surface area contributed by atoms with Crippen LogP contribution in [-0.4, -0.2) is 17.6 Å². The van der Waals surface area contributed by atoms with Gasteiger partial charge in [0.15, 0.2) is 0 Å². The Morgan fingerprint density at radius 1 is 1.14 bits per heavy atom. The van der Waals surface area contributed by atoms with Gasteiger partial charge in [0.1, 0.15) is 5.75 Å². The largest absolute Gasteiger partial charge is 0.495 e. The van der Waals surface area contributed by atoms with Gasteiger partial charge in [-0.05, 0) is 48.9 Å². The predicted octanol–water partition coefficient (Wildman–Crippen LogP) is 3.75. The first-order valence-electron chi connectivity index (χ1n) is 7.09. The molecule has 1 aromatic heterocycles. The number of nitrogens with one attached hydrogen (secondary N) is 1. The first kappa shape index (κ1) is 14.2. The molecule has 0 atom stereocenters. The molecule has 1 amide bonds. The van der Waals surface area contributed by atoms with Gasteiger partial charge in [-0.2, -0.15) is 0 Å². The van der Waals surface area contributed by atoms with Crippen LogP contribution in [0.15, 0.2) is 48.7 Å². The summed E-state index contributed by atoms with van der Waals surface area (Å²) in [6.45, 7) is 1.98. The van der Waals surface area contributed by atoms with Crippen LogP contribution in [-0.2, 0) is 7.05 Å². The summed E-state index contributed by atoms with van der Waals surface area (Å²) in [7, 11) is 3.58. The molecule has 0 saturated heterocycles. The lowest BCUT2D eigenvalue weighted by Gasteiger charge is -2.11. The number of rotatable bonds is 3. The highest BCUT2D eigenvalue weighted by atomic mass is 16.5. The summed E-state index contributed by atoms with van der Waals surface area (Å²) in [6, 6.07) is 13.4. The second-order valence-electron chi connectivity index (χ2n) is 5.36. The van der Waals surface area contributed by atoms with Crippen LogP contribution in [0.1, 0.15) is 15.9 Å². The lowest BCUT2D eigenvalue weighted by Crippen LogP contribution is -2.12. The number of ether oxygens (including phenoxy) is 1. The second-order valence-corrected chi connectivity index (χ2v) is 5.36. The number of hydrogen-bond donors (Lipinski definition) is 1. The number of benzene rings is 2. The highest BCUT2D eigenvalue weighted by molar-refractivity contribution is 6.07. The third kappa shape index (κ3) is 2.55. The molecule has 0 radical (unpaired) electrons. The summed E-state index contributed by atoms with van der Waals surface area (Å²) in [5, 5.41) is 3.97. The third-order valence-electron chi connectivity index (χ3n) is 3.75. The molecule has 3 rings (SSSR count). The van der Waals surface area contributed by atoms with E-state index in [2.05, 4.69) is 5.32 Å². The molecule has 0 saturated carbocycles. The zero-order valence-corrected chi connectivity index (χ0v) is 12.9. The molecule has 22 heavy (non-hydrogen) atoms. The van der Waals surface area contributed by atoms with E-state index in [0.717, 1.165) is 16.5 Å². The quantitative estimate of drug-likeness (QED) is 0.799. The Morgan fingerprint density at radius 3 is 2.73 bits per heavy atom. The molecule has 0 bridgehead atoms. The van der Waals surface area contributed by atoms with Crippen LogP contribution in [0.2, 0.25) is 0 Å². The molecule has 0 aliphatic carbocycles. The summed E-state index contributed by atoms with van der Waals surface area (Å²) in [6.07, 6.45) is 1.98. The summed E-state index contributed by atoms with van der Waals surface area (Å²) in [5.74, 6) is 0.509. The van der Waals surface area contributed by atoms with Crippen LogP contribution in [0.25, 0.3) is 10.9 Å². The van der Waals surface area contributed by atoms with Crippen molar-refractivity contribution >= 4 is 22.5 Å². The fourth-order valence-electron chi connectivity index (χ4n) is 2.54. The Bertz CT molecular complexity index is 849. The number of nitrogens with zero attached hydrogens (tertiary/aromatic N) is 1. The minimum absolute atomic E-state index is 0.144. The maximum absolute atomic E-state index is 12.5. The van der Waals surface area contributed by atoms with Gasteiger partial charge in [-0.1, -0.05) is 6.07 Å². The average Bonchev–Trinajstić information content (AvgIpc) is 2.88. The smallest absolute Gasteiger partial charge is 0.255 e. The molecular formula is C18H18N2O2. The predicted molar refractivity (Wildman–Crippen MR) is 88.6 cm³/mol. The van der Waals surface area contributed by atoms with Gasteiger partial charge in [0.25, 0.3) is 5.91 Å². The molecule has 0 spiro atoms. The van der Waals surface area contributed by atoms with Gasteiger partial charge in [0.05, 0.1) is 12.8 Å². The molecule has 0 aliphatic rings. The number of amides is 1. The number of aryl methyl sites for hydroxylation is 2. The molecule has 0 aliphatic heterocycles. The number of anilines is 1. The summed E-state index contributed by atoms with van der Waals surface area (Å²) >= 11 is 0. The van der Waals surface area contributed by atoms with Gasteiger partial charge in [-0.25, -0.2) is 0 Å². The number of hydrogen-bond acceptors (Lipinski definition) is 2. The van der Waals surface area contributed by atoms with Crippen LogP contribution >= 0.6 is 0 Å². The van der Waals surface area contributed by atoms with Gasteiger partial charge < -0.3 is 14.6 Å². The molecule has 112 valence electrons. The van der Waals surface area contributed by atoms with Crippen LogP contribution < -0.4 is 10.1 Å². The van der Waals surface area contributed by atoms with Crippen molar-refractivity contribution in [3.63, 3.8) is 0 Å². The van der Waals surface area contributed by atoms with Crippen LogP contribution in [0.5, 0.6) is 5.75 Å². The van der Waals surface area contributed by atoms with Crippen molar-refractivity contribution in [2.45, 2.75) is 6.92 Å². The molecule has 3 aromatic rings. The highest BCUT2D eigenvalue weighted by Gasteiger charge is 2.11. The standard InChI is InChI=1S/C18H18N2O2/c1-12-4-7-17(22-3)15(10-12)19-18(21)14-5-6-16-13(11-14)8-9-20(16)2/h4-11H,1-3H3,(H,19,21). The number of methoxy groups -OCH3 is 1. The van der Waals surface area contributed by atoms with E-state index in [1.165, 1.54) is 0 Å². The van der Waals surface area contributed by atoms with Gasteiger partial charge >= 0.3 is 0 Å². The minimum Gasteiger partial charge on any atom is -0.495 e. The van der Waals surface area contributed by atoms with Crippen molar-refractivity contribution < 1.29 is 9.53 Å². The van der Waals surface area contributed by atoms with Crippen molar-refractivity contribution in [3.05, 3.63) is 59.8 Å². The van der Waals surface area contributed by atoms with Crippen LogP contribution in [0.3, 0.4) is 0 Å². The minimum atomic E-state index is -0.144. The van der Waals surface area contributed by atoms with Crippen molar-refractivity contribution in [2.24, 2.45) is 7.05 Å². The Morgan fingerprint density at radius 2 is 1.95 bits per heavy atom. The Hall–Kier alpha value is -2.75. The number of carbonyl (C=O) groups excluding carboxylic acids is 1. The average molecular weight is 294 g/mol. The molecule has 0 unspecified atom stereocenters. The fraction of sp³-hybridized carbons (Fsp3) is 0.167. The van der Waals surface area contributed by atoms with Crippen molar-refractivity contribution in [3.8, 4) is 5.75 Å². The van der Waals surface area contributed by atoms with E-state index < -0.39 is 0 Å². The first-order chi connectivity index (χ1) is 10.6. The van der Waals surface area contributed by atoms with E-state index in [9.17, 15) is 4.79 Å². The first-order valence-corrected chi connectivity index (χ1v) is 7.09. The van der Waals surface area contributed by atoms with E-state index in [1.807, 2.05) is 67.2 Å². The molecule has 4 heteroatoms. The fourth-order valence-corrected chi connectivity index (χ4v) is 2.54. The zero-order chi connectivity index (χ0) is 15.7. The number of carbonyl (C=O) groups is 1. The van der Waals surface area contributed by atoms with E-state index in [-0.39, 0.29) is 5.91 Å². The lowest BCUT2D eigenvalue weighted by molar-refractivity contribution is 0.102. The van der Waals surface area contributed by atoms with E-state index in [1.54, 1.807) is 7.11 Å². The Labute approximate surface area is 129 Å². The van der Waals surface area contributed by atoms with Gasteiger partial charge in [-0.15, -0.1) is 0 Å². The van der Waals surface area contributed by atoms with Gasteiger partial charge in [-0.3, -0.25) is 4.79 Å². The summed E-state index contributed by atoms with van der Waals surface area (Å²) in [5.41, 5.74) is 3.47. The Balaban J connectivity index is 1.91. The van der Waals surface area contributed by atoms with Crippen LogP contribution in [0.4, 0.5) is 5.69 Å². The topological polar surface area (TPSA) is 43.3 Å². The monoisotopic (exact) mass is 294 g/mol. The molecule has 2 aromatic carbocycles. The number of fused-ring (bicyclic) bond motifs is 1. The van der Waals surface area contributed by atoms with Gasteiger partial charge in [0, 0.05) is 29.7 Å². The molecule has 0 fully saturated rings. The Kier molecular flexibility index (Phi) is 3.59. The van der Waals surface area contributed by atoms with E-state index >= 15 is 0 Å². The van der Waals surface area contributed by atoms with Crippen molar-refractivity contribution in [2.75, 3.05) is 12.4 Å². The maximum atomic E-state index is 12.5. The summed E-state index contributed by atoms with van der Waals surface area (Å²) < 4.78 is 7.32. The highest BCUT2D eigenvalue weighted by Crippen LogP contribution is 2.26. The lowest BCUT2D eigenvalue weighted by atomic mass is 10.1. The van der Waals surface area contributed by atoms with Crippen LogP contribution in [0, 0.1) is 6.92 Å². The normalized spacial score (nSPS) is 10.7. The maximum Gasteiger partial charge on any atom is 0.255 e. The van der Waals surface area contributed by atoms with E-state index in [4.69, 9.17) is 4.74 Å². The zero-order valence-electron chi connectivity index (χ0n) is 12.9. The second kappa shape index (κ2) is 5.56. The molecular weight excluding hydrogens is 276 g/mol. The molecule has 1 heterocycles. The summed E-state index contributed by atoms with van der Waals surface area (Å²) in [4.78, 5) is 12.5. The number of aromatic nitrogens is 1.